The van der Waals surface area contributed by atoms with E-state index in [4.69, 9.17) is 5.73 Å². The number of nitrogens with two attached hydrogens (primary N) is 1. The molecule has 0 fully saturated rings. The quantitative estimate of drug-likeness (QED) is 0.652. The highest BCUT2D eigenvalue weighted by molar-refractivity contribution is 7.98. The minimum Gasteiger partial charge on any atom is -0.398 e. The van der Waals surface area contributed by atoms with Gasteiger partial charge in [0.1, 0.15) is 5.82 Å². The lowest BCUT2D eigenvalue weighted by molar-refractivity contribution is 0.617. The number of hydrogen-bond donors (Lipinski definition) is 2. The molecule has 0 amide bonds. The summed E-state index contributed by atoms with van der Waals surface area (Å²) in [6.45, 7) is 2.36. The highest BCUT2D eigenvalue weighted by atomic mass is 32.2. The number of hydrogen-bond acceptors (Lipinski definition) is 4. The number of nitrogen functional groups attached to an aromatic ring is 1. The summed E-state index contributed by atoms with van der Waals surface area (Å²) in [6.07, 6.45) is 0. The molecule has 0 saturated heterocycles. The van der Waals surface area contributed by atoms with Crippen molar-refractivity contribution in [3.8, 4) is 0 Å². The van der Waals surface area contributed by atoms with E-state index < -0.39 is 0 Å². The summed E-state index contributed by atoms with van der Waals surface area (Å²) in [4.78, 5) is 11.3. The third kappa shape index (κ3) is 2.40. The average molecular weight is 268 g/mol. The lowest BCUT2D eigenvalue weighted by Crippen LogP contribution is -2.16. The van der Waals surface area contributed by atoms with Crippen LogP contribution in [0.1, 0.15) is 12.5 Å². The third-order valence-corrected chi connectivity index (χ3v) is 3.54. The first-order valence-corrected chi connectivity index (χ1v) is 6.43. The average Bonchev–Trinajstić information content (AvgIpc) is 2.69. The van der Waals surface area contributed by atoms with E-state index in [-0.39, 0.29) is 11.5 Å². The van der Waals surface area contributed by atoms with Crippen LogP contribution >= 0.6 is 11.8 Å². The fourth-order valence-corrected chi connectivity index (χ4v) is 2.61. The van der Waals surface area contributed by atoms with Crippen LogP contribution in [0.5, 0.6) is 0 Å². The standard InChI is InChI=1S/C11H13FN4OS/c1-2-16-10(17)14-15-11(16)18-6-7-8(12)4-3-5-9(7)13/h3-5H,2,6,13H2,1H3,(H,14,17). The smallest absolute Gasteiger partial charge is 0.343 e. The highest BCUT2D eigenvalue weighted by Gasteiger charge is 2.11. The first-order chi connectivity index (χ1) is 8.63. The van der Waals surface area contributed by atoms with Crippen molar-refractivity contribution in [1.29, 1.82) is 0 Å². The highest BCUT2D eigenvalue weighted by Crippen LogP contribution is 2.25. The van der Waals surface area contributed by atoms with Crippen molar-refractivity contribution in [2.45, 2.75) is 24.4 Å². The van der Waals surface area contributed by atoms with Crippen LogP contribution in [0, 0.1) is 5.82 Å². The van der Waals surface area contributed by atoms with E-state index in [9.17, 15) is 9.18 Å². The molecule has 1 aromatic carbocycles. The Morgan fingerprint density at radius 1 is 1.56 bits per heavy atom. The fourth-order valence-electron chi connectivity index (χ4n) is 1.56. The SMILES string of the molecule is CCn1c(SCc2c(N)cccc2F)n[nH]c1=O. The zero-order valence-corrected chi connectivity index (χ0v) is 10.6. The molecular weight excluding hydrogens is 255 g/mol. The van der Waals surface area contributed by atoms with Gasteiger partial charge in [0, 0.05) is 23.5 Å². The van der Waals surface area contributed by atoms with Crippen molar-refractivity contribution in [1.82, 2.24) is 14.8 Å². The van der Waals surface area contributed by atoms with E-state index in [1.54, 1.807) is 12.1 Å². The molecule has 0 spiro atoms. The molecule has 0 aliphatic carbocycles. The number of H-pyrrole nitrogens is 1. The fraction of sp³-hybridized carbons (Fsp3) is 0.273. The van der Waals surface area contributed by atoms with Gasteiger partial charge in [-0.05, 0) is 19.1 Å². The van der Waals surface area contributed by atoms with Gasteiger partial charge in [-0.3, -0.25) is 4.57 Å². The van der Waals surface area contributed by atoms with Gasteiger partial charge in [-0.2, -0.15) is 0 Å². The lowest BCUT2D eigenvalue weighted by Gasteiger charge is -2.06. The number of thioether (sulfide) groups is 1. The maximum Gasteiger partial charge on any atom is 0.343 e. The van der Waals surface area contributed by atoms with Gasteiger partial charge in [-0.1, -0.05) is 17.8 Å². The van der Waals surface area contributed by atoms with Gasteiger partial charge in [0.05, 0.1) is 0 Å². The Labute approximate surface area is 107 Å². The van der Waals surface area contributed by atoms with Gasteiger partial charge in [-0.25, -0.2) is 14.3 Å². The van der Waals surface area contributed by atoms with Crippen LogP contribution in [0.15, 0.2) is 28.2 Å². The molecule has 0 aliphatic heterocycles. The Morgan fingerprint density at radius 3 is 3.00 bits per heavy atom. The molecular formula is C11H13FN4OS. The number of anilines is 1. The Bertz CT molecular complexity index is 587. The molecule has 0 saturated carbocycles. The van der Waals surface area contributed by atoms with Crippen LogP contribution in [-0.4, -0.2) is 14.8 Å². The van der Waals surface area contributed by atoms with Gasteiger partial charge in [0.25, 0.3) is 0 Å². The van der Waals surface area contributed by atoms with Crippen LogP contribution in [0.25, 0.3) is 0 Å². The second kappa shape index (κ2) is 5.26. The Kier molecular flexibility index (Phi) is 3.71. The largest absolute Gasteiger partial charge is 0.398 e. The van der Waals surface area contributed by atoms with Crippen LogP contribution in [-0.2, 0) is 12.3 Å². The molecule has 1 aromatic heterocycles. The lowest BCUT2D eigenvalue weighted by atomic mass is 10.2. The number of aromatic amines is 1. The van der Waals surface area contributed by atoms with E-state index in [1.807, 2.05) is 6.92 Å². The number of rotatable bonds is 4. The second-order valence-corrected chi connectivity index (χ2v) is 4.59. The third-order valence-electron chi connectivity index (χ3n) is 2.54. The minimum absolute atomic E-state index is 0.262. The van der Waals surface area contributed by atoms with Crippen molar-refractivity contribution >= 4 is 17.4 Å². The summed E-state index contributed by atoms with van der Waals surface area (Å²) in [7, 11) is 0. The molecule has 2 aromatic rings. The Hall–Kier alpha value is -1.76. The molecule has 0 unspecified atom stereocenters. The molecule has 1 heterocycles. The predicted octanol–water partition coefficient (Wildman–Crippen LogP) is 1.60. The van der Waals surface area contributed by atoms with Crippen LogP contribution in [0.3, 0.4) is 0 Å². The van der Waals surface area contributed by atoms with Gasteiger partial charge >= 0.3 is 5.69 Å². The number of nitrogens with zero attached hydrogens (tertiary/aromatic N) is 2. The maximum atomic E-state index is 13.6. The Balaban J connectivity index is 2.19. The summed E-state index contributed by atoms with van der Waals surface area (Å²) < 4.78 is 15.0. The van der Waals surface area contributed by atoms with Crippen molar-refractivity contribution < 1.29 is 4.39 Å². The van der Waals surface area contributed by atoms with E-state index in [2.05, 4.69) is 10.2 Å². The summed E-state index contributed by atoms with van der Waals surface area (Å²) in [5.41, 5.74) is 6.29. The molecule has 5 nitrogen and oxygen atoms in total. The second-order valence-electron chi connectivity index (χ2n) is 3.65. The van der Waals surface area contributed by atoms with Crippen LogP contribution < -0.4 is 11.4 Å². The topological polar surface area (TPSA) is 76.7 Å². The summed E-state index contributed by atoms with van der Waals surface area (Å²) in [5, 5.41) is 6.78. The Morgan fingerprint density at radius 2 is 2.33 bits per heavy atom. The van der Waals surface area contributed by atoms with Crippen LogP contribution in [0.2, 0.25) is 0 Å². The molecule has 2 rings (SSSR count). The van der Waals surface area contributed by atoms with Gasteiger partial charge < -0.3 is 5.73 Å². The van der Waals surface area contributed by atoms with Crippen molar-refractivity contribution in [2.24, 2.45) is 0 Å². The molecule has 96 valence electrons. The van der Waals surface area contributed by atoms with E-state index >= 15 is 0 Å². The molecule has 0 aliphatic rings. The molecule has 3 N–H and O–H groups in total. The molecule has 0 bridgehead atoms. The molecule has 0 radical (unpaired) electrons. The summed E-state index contributed by atoms with van der Waals surface area (Å²) in [6, 6.07) is 4.58. The monoisotopic (exact) mass is 268 g/mol. The molecule has 7 heteroatoms. The van der Waals surface area contributed by atoms with Gasteiger partial charge in [0.2, 0.25) is 0 Å². The predicted molar refractivity (Wildman–Crippen MR) is 68.9 cm³/mol. The van der Waals surface area contributed by atoms with Crippen molar-refractivity contribution in [3.05, 3.63) is 40.1 Å². The minimum atomic E-state index is -0.344. The normalized spacial score (nSPS) is 10.8. The summed E-state index contributed by atoms with van der Waals surface area (Å²) in [5.74, 6) is -0.00793. The number of benzene rings is 1. The number of nitrogens with one attached hydrogen (secondary N) is 1. The van der Waals surface area contributed by atoms with Gasteiger partial charge in [0.15, 0.2) is 5.16 Å². The zero-order valence-electron chi connectivity index (χ0n) is 9.81. The van der Waals surface area contributed by atoms with Crippen LogP contribution in [0.4, 0.5) is 10.1 Å². The first-order valence-electron chi connectivity index (χ1n) is 5.44. The van der Waals surface area contributed by atoms with Gasteiger partial charge in [-0.15, -0.1) is 5.10 Å². The van der Waals surface area contributed by atoms with Crippen molar-refractivity contribution in [3.63, 3.8) is 0 Å². The molecule has 18 heavy (non-hydrogen) atoms. The molecule has 0 atom stereocenters. The maximum absolute atomic E-state index is 13.6. The first kappa shape index (κ1) is 12.7. The van der Waals surface area contributed by atoms with E-state index in [0.29, 0.717) is 28.7 Å². The van der Waals surface area contributed by atoms with Crippen molar-refractivity contribution in [2.75, 3.05) is 5.73 Å². The van der Waals surface area contributed by atoms with E-state index in [0.717, 1.165) is 0 Å². The van der Waals surface area contributed by atoms with E-state index in [1.165, 1.54) is 22.4 Å². The summed E-state index contributed by atoms with van der Waals surface area (Å²) >= 11 is 1.27. The number of halogens is 1. The number of aromatic nitrogens is 3. The zero-order chi connectivity index (χ0) is 13.1.